The summed E-state index contributed by atoms with van der Waals surface area (Å²) in [6.45, 7) is 0. The van der Waals surface area contributed by atoms with Crippen LogP contribution in [0.5, 0.6) is 0 Å². The van der Waals surface area contributed by atoms with E-state index >= 15 is 0 Å². The van der Waals surface area contributed by atoms with E-state index in [0.717, 1.165) is 41.7 Å². The minimum atomic E-state index is -0.133. The summed E-state index contributed by atoms with van der Waals surface area (Å²) in [7, 11) is 0. The molecule has 21 heavy (non-hydrogen) atoms. The van der Waals surface area contributed by atoms with Gasteiger partial charge in [-0.1, -0.05) is 24.3 Å². The smallest absolute Gasteiger partial charge is 0.134 e. The van der Waals surface area contributed by atoms with Crippen LogP contribution in [0.15, 0.2) is 53.1 Å². The number of rotatable bonds is 2. The molecule has 0 amide bonds. The molecule has 0 spiro atoms. The zero-order valence-electron chi connectivity index (χ0n) is 11.8. The lowest BCUT2D eigenvalue weighted by Gasteiger charge is -2.27. The number of aromatic nitrogens is 1. The van der Waals surface area contributed by atoms with Crippen molar-refractivity contribution < 1.29 is 4.42 Å². The Morgan fingerprint density at radius 2 is 2.10 bits per heavy atom. The van der Waals surface area contributed by atoms with Crippen molar-refractivity contribution in [1.82, 2.24) is 4.98 Å². The lowest BCUT2D eigenvalue weighted by atomic mass is 9.81. The first-order valence-corrected chi connectivity index (χ1v) is 7.51. The van der Waals surface area contributed by atoms with Crippen LogP contribution >= 0.6 is 0 Å². The van der Waals surface area contributed by atoms with Gasteiger partial charge in [-0.3, -0.25) is 4.98 Å². The maximum absolute atomic E-state index is 6.51. The molecule has 2 unspecified atom stereocenters. The summed E-state index contributed by atoms with van der Waals surface area (Å²) >= 11 is 0. The largest absolute Gasteiger partial charge is 0.459 e. The normalized spacial score (nSPS) is 19.4. The van der Waals surface area contributed by atoms with Crippen LogP contribution in [0.25, 0.3) is 11.0 Å². The van der Waals surface area contributed by atoms with Crippen molar-refractivity contribution in [2.45, 2.75) is 31.2 Å². The van der Waals surface area contributed by atoms with Gasteiger partial charge in [-0.25, -0.2) is 0 Å². The Labute approximate surface area is 123 Å². The molecule has 2 atom stereocenters. The molecular formula is C18H18N2O. The number of nitrogens with two attached hydrogens (primary N) is 1. The summed E-state index contributed by atoms with van der Waals surface area (Å²) in [5, 5.41) is 1.11. The van der Waals surface area contributed by atoms with Gasteiger partial charge in [0.05, 0.1) is 6.04 Å². The summed E-state index contributed by atoms with van der Waals surface area (Å²) in [5.74, 6) is 1.11. The van der Waals surface area contributed by atoms with Crippen LogP contribution in [-0.2, 0) is 6.42 Å². The Hall–Kier alpha value is -2.13. The Balaban J connectivity index is 1.73. The Kier molecular flexibility index (Phi) is 3.00. The van der Waals surface area contributed by atoms with Crippen molar-refractivity contribution in [1.29, 1.82) is 0 Å². The Bertz CT molecular complexity index is 744. The van der Waals surface area contributed by atoms with E-state index in [-0.39, 0.29) is 12.0 Å². The molecule has 4 rings (SSSR count). The van der Waals surface area contributed by atoms with E-state index < -0.39 is 0 Å². The number of aryl methyl sites for hydroxylation is 1. The second-order valence-corrected chi connectivity index (χ2v) is 5.76. The number of pyridine rings is 1. The van der Waals surface area contributed by atoms with Gasteiger partial charge in [-0.15, -0.1) is 0 Å². The van der Waals surface area contributed by atoms with E-state index in [0.29, 0.717) is 0 Å². The molecule has 0 aliphatic heterocycles. The highest BCUT2D eigenvalue weighted by Gasteiger charge is 2.29. The topological polar surface area (TPSA) is 52.0 Å². The van der Waals surface area contributed by atoms with E-state index in [4.69, 9.17) is 10.2 Å². The lowest BCUT2D eigenvalue weighted by molar-refractivity contribution is 0.402. The number of hydrogen-bond acceptors (Lipinski definition) is 3. The van der Waals surface area contributed by atoms with Crippen molar-refractivity contribution in [3.63, 3.8) is 0 Å². The molecule has 1 aliphatic carbocycles. The van der Waals surface area contributed by atoms with Crippen molar-refractivity contribution >= 4 is 11.0 Å². The minimum Gasteiger partial charge on any atom is -0.459 e. The third-order valence-corrected chi connectivity index (χ3v) is 4.45. The monoisotopic (exact) mass is 278 g/mol. The van der Waals surface area contributed by atoms with Crippen molar-refractivity contribution in [2.75, 3.05) is 0 Å². The molecule has 106 valence electrons. The number of fused-ring (bicyclic) bond motifs is 2. The van der Waals surface area contributed by atoms with E-state index in [1.54, 1.807) is 0 Å². The molecule has 0 fully saturated rings. The molecule has 0 radical (unpaired) electrons. The first kappa shape index (κ1) is 12.6. The predicted molar refractivity (Wildman–Crippen MR) is 83.1 cm³/mol. The number of furan rings is 1. The predicted octanol–water partition coefficient (Wildman–Crippen LogP) is 3.95. The molecule has 0 saturated carbocycles. The van der Waals surface area contributed by atoms with E-state index in [9.17, 15) is 0 Å². The van der Waals surface area contributed by atoms with Crippen LogP contribution in [0.4, 0.5) is 0 Å². The lowest BCUT2D eigenvalue weighted by Crippen LogP contribution is -2.24. The summed E-state index contributed by atoms with van der Waals surface area (Å²) in [6.07, 6.45) is 5.20. The molecule has 0 saturated heterocycles. The van der Waals surface area contributed by atoms with Crippen LogP contribution < -0.4 is 5.73 Å². The second kappa shape index (κ2) is 5.01. The number of hydrogen-bond donors (Lipinski definition) is 1. The fourth-order valence-corrected chi connectivity index (χ4v) is 3.36. The first-order valence-electron chi connectivity index (χ1n) is 7.51. The molecule has 0 bridgehead atoms. The van der Waals surface area contributed by atoms with Gasteiger partial charge >= 0.3 is 0 Å². The van der Waals surface area contributed by atoms with Crippen molar-refractivity contribution in [2.24, 2.45) is 5.73 Å². The van der Waals surface area contributed by atoms with Gasteiger partial charge in [0.15, 0.2) is 0 Å². The standard InChI is InChI=1S/C18H18N2O/c19-17(16-11-13-5-1-2-9-15(13)21-16)14-8-3-6-12-7-4-10-20-18(12)14/h1-2,4-5,7,9-11,14,17H,3,6,8,19H2. The maximum Gasteiger partial charge on any atom is 0.134 e. The number of nitrogens with zero attached hydrogens (tertiary/aromatic N) is 1. The van der Waals surface area contributed by atoms with Crippen LogP contribution in [-0.4, -0.2) is 4.98 Å². The van der Waals surface area contributed by atoms with E-state index in [2.05, 4.69) is 23.2 Å². The highest BCUT2D eigenvalue weighted by Crippen LogP contribution is 2.39. The summed E-state index contributed by atoms with van der Waals surface area (Å²) < 4.78 is 5.95. The molecule has 1 aromatic carbocycles. The molecule has 2 N–H and O–H groups in total. The van der Waals surface area contributed by atoms with Gasteiger partial charge in [0.1, 0.15) is 11.3 Å². The molecule has 1 aliphatic rings. The van der Waals surface area contributed by atoms with Gasteiger partial charge < -0.3 is 10.2 Å². The van der Waals surface area contributed by atoms with E-state index in [1.165, 1.54) is 5.56 Å². The van der Waals surface area contributed by atoms with E-state index in [1.807, 2.05) is 30.5 Å². The molecule has 3 heteroatoms. The van der Waals surface area contributed by atoms with Gasteiger partial charge in [0, 0.05) is 23.2 Å². The first-order chi connectivity index (χ1) is 10.3. The third-order valence-electron chi connectivity index (χ3n) is 4.45. The highest BCUT2D eigenvalue weighted by molar-refractivity contribution is 5.77. The van der Waals surface area contributed by atoms with Crippen LogP contribution in [0.2, 0.25) is 0 Å². The average molecular weight is 278 g/mol. The SMILES string of the molecule is NC(c1cc2ccccc2o1)C1CCCc2cccnc21. The highest BCUT2D eigenvalue weighted by atomic mass is 16.3. The maximum atomic E-state index is 6.51. The number of para-hydroxylation sites is 1. The number of benzene rings is 1. The zero-order valence-corrected chi connectivity index (χ0v) is 11.8. The Morgan fingerprint density at radius 3 is 3.00 bits per heavy atom. The third kappa shape index (κ3) is 2.14. The Morgan fingerprint density at radius 1 is 1.19 bits per heavy atom. The molecule has 3 aromatic rings. The summed E-state index contributed by atoms with van der Waals surface area (Å²) in [6, 6.07) is 14.2. The average Bonchev–Trinajstić information content (AvgIpc) is 2.97. The van der Waals surface area contributed by atoms with Gasteiger partial charge in [-0.2, -0.15) is 0 Å². The van der Waals surface area contributed by atoms with Gasteiger partial charge in [0.25, 0.3) is 0 Å². The fraction of sp³-hybridized carbons (Fsp3) is 0.278. The summed E-state index contributed by atoms with van der Waals surface area (Å²) in [4.78, 5) is 4.58. The molecule has 2 heterocycles. The van der Waals surface area contributed by atoms with Gasteiger partial charge in [0.2, 0.25) is 0 Å². The quantitative estimate of drug-likeness (QED) is 0.772. The summed E-state index contributed by atoms with van der Waals surface area (Å²) in [5.41, 5.74) is 9.90. The minimum absolute atomic E-state index is 0.133. The second-order valence-electron chi connectivity index (χ2n) is 5.76. The van der Waals surface area contributed by atoms with Crippen molar-refractivity contribution in [3.8, 4) is 0 Å². The molecular weight excluding hydrogens is 260 g/mol. The van der Waals surface area contributed by atoms with Crippen LogP contribution in [0.3, 0.4) is 0 Å². The molecule has 2 aromatic heterocycles. The molecule has 3 nitrogen and oxygen atoms in total. The van der Waals surface area contributed by atoms with Crippen LogP contribution in [0.1, 0.15) is 41.8 Å². The van der Waals surface area contributed by atoms with Crippen molar-refractivity contribution in [3.05, 3.63) is 65.7 Å². The van der Waals surface area contributed by atoms with Crippen LogP contribution in [0, 0.1) is 0 Å². The van der Waals surface area contributed by atoms with Gasteiger partial charge in [-0.05, 0) is 43.0 Å². The zero-order chi connectivity index (χ0) is 14.2. The fourth-order valence-electron chi connectivity index (χ4n) is 3.36.